The number of hydrogen-bond acceptors (Lipinski definition) is 6. The number of rotatable bonds is 10. The van der Waals surface area contributed by atoms with Crippen LogP contribution in [0, 0.1) is 0 Å². The molecule has 0 bridgehead atoms. The summed E-state index contributed by atoms with van der Waals surface area (Å²) >= 11 is 3.84. The van der Waals surface area contributed by atoms with Gasteiger partial charge in [0.1, 0.15) is 12.1 Å². The molecule has 0 saturated carbocycles. The Labute approximate surface area is 136 Å². The van der Waals surface area contributed by atoms with E-state index in [0.29, 0.717) is 13.0 Å². The predicted molar refractivity (Wildman–Crippen MR) is 88.5 cm³/mol. The smallest absolute Gasteiger partial charge is 0.373 e. The van der Waals surface area contributed by atoms with Gasteiger partial charge in [-0.15, -0.1) is 0 Å². The lowest BCUT2D eigenvalue weighted by Crippen LogP contribution is -2.57. The predicted octanol–water partition coefficient (Wildman–Crippen LogP) is -1.87. The van der Waals surface area contributed by atoms with Crippen LogP contribution >= 0.6 is 12.6 Å². The molecular weight excluding hydrogens is 307 g/mol. The summed E-state index contributed by atoms with van der Waals surface area (Å²) < 4.78 is 0. The molecule has 0 aromatic carbocycles. The van der Waals surface area contributed by atoms with Crippen LogP contribution in [-0.4, -0.2) is 60.7 Å². The lowest BCUT2D eigenvalue weighted by molar-refractivity contribution is -0.131. The maximum absolute atomic E-state index is 12.2. The number of hydrogen-bond donors (Lipinski definition) is 6. The molecule has 0 aromatic rings. The lowest BCUT2D eigenvalue weighted by atomic mass is 9.88. The van der Waals surface area contributed by atoms with Crippen molar-refractivity contribution in [2.45, 2.75) is 39.2 Å². The van der Waals surface area contributed by atoms with Crippen molar-refractivity contribution in [2.24, 2.45) is 0 Å². The second kappa shape index (κ2) is 11.3. The van der Waals surface area contributed by atoms with Gasteiger partial charge in [0.25, 0.3) is 0 Å². The Morgan fingerprint density at radius 3 is 2.23 bits per heavy atom. The average Bonchev–Trinajstić information content (AvgIpc) is 2.48. The average molecular weight is 332 g/mol. The standard InChI is InChI=1S/C12H25BN4O4S/c1-4-8(11(19)14-5-2)17-12(20)9(6-15-13(3)21)16-10(18)7-22/h8-9,15,21-22H,4-7H2,1-3H3,(H,14,19)(H,16,18)(H,17,20). The third-order valence-corrected chi connectivity index (χ3v) is 3.09. The Bertz CT molecular complexity index is 384. The Morgan fingerprint density at radius 2 is 1.77 bits per heavy atom. The van der Waals surface area contributed by atoms with E-state index in [1.54, 1.807) is 13.8 Å². The van der Waals surface area contributed by atoms with Gasteiger partial charge in [-0.1, -0.05) is 6.92 Å². The van der Waals surface area contributed by atoms with Crippen molar-refractivity contribution in [3.63, 3.8) is 0 Å². The van der Waals surface area contributed by atoms with Crippen LogP contribution in [0.2, 0.25) is 6.82 Å². The minimum atomic E-state index is -0.905. The van der Waals surface area contributed by atoms with Crippen molar-refractivity contribution in [1.29, 1.82) is 0 Å². The highest BCUT2D eigenvalue weighted by molar-refractivity contribution is 7.81. The van der Waals surface area contributed by atoms with E-state index in [1.807, 2.05) is 0 Å². The first kappa shape index (κ1) is 20.7. The van der Waals surface area contributed by atoms with E-state index >= 15 is 0 Å². The zero-order chi connectivity index (χ0) is 17.1. The van der Waals surface area contributed by atoms with Crippen LogP contribution in [0.5, 0.6) is 0 Å². The third-order valence-electron chi connectivity index (χ3n) is 2.80. The van der Waals surface area contributed by atoms with Gasteiger partial charge in [0.05, 0.1) is 5.75 Å². The number of likely N-dealkylation sites (N-methyl/N-ethyl adjacent to an activating group) is 1. The highest BCUT2D eigenvalue weighted by Gasteiger charge is 2.25. The molecular formula is C12H25BN4O4S. The van der Waals surface area contributed by atoms with Gasteiger partial charge >= 0.3 is 7.05 Å². The van der Waals surface area contributed by atoms with Crippen molar-refractivity contribution >= 4 is 37.4 Å². The van der Waals surface area contributed by atoms with Crippen molar-refractivity contribution in [1.82, 2.24) is 21.2 Å². The summed E-state index contributed by atoms with van der Waals surface area (Å²) in [5.41, 5.74) is 0. The second-order valence-electron chi connectivity index (χ2n) is 4.73. The number of nitrogens with one attached hydrogen (secondary N) is 4. The molecule has 22 heavy (non-hydrogen) atoms. The summed E-state index contributed by atoms with van der Waals surface area (Å²) in [5, 5.41) is 19.6. The molecule has 0 saturated heterocycles. The van der Waals surface area contributed by atoms with Gasteiger partial charge < -0.3 is 26.2 Å². The van der Waals surface area contributed by atoms with E-state index in [9.17, 15) is 19.4 Å². The normalized spacial score (nSPS) is 13.0. The van der Waals surface area contributed by atoms with Crippen molar-refractivity contribution in [3.8, 4) is 0 Å². The van der Waals surface area contributed by atoms with Crippen LogP contribution in [-0.2, 0) is 14.4 Å². The third kappa shape index (κ3) is 8.25. The quantitative estimate of drug-likeness (QED) is 0.207. The van der Waals surface area contributed by atoms with E-state index in [1.165, 1.54) is 6.82 Å². The summed E-state index contributed by atoms with van der Waals surface area (Å²) in [5.74, 6) is -1.25. The molecule has 5 N–H and O–H groups in total. The molecule has 0 aliphatic carbocycles. The summed E-state index contributed by atoms with van der Waals surface area (Å²) in [4.78, 5) is 35.5. The molecule has 0 aliphatic heterocycles. The molecule has 3 amide bonds. The van der Waals surface area contributed by atoms with E-state index in [4.69, 9.17) is 0 Å². The van der Waals surface area contributed by atoms with Gasteiger partial charge in [0.2, 0.25) is 17.7 Å². The van der Waals surface area contributed by atoms with Crippen molar-refractivity contribution < 1.29 is 19.4 Å². The van der Waals surface area contributed by atoms with E-state index in [2.05, 4.69) is 33.8 Å². The zero-order valence-corrected chi connectivity index (χ0v) is 14.1. The van der Waals surface area contributed by atoms with Crippen LogP contribution in [0.1, 0.15) is 20.3 Å². The van der Waals surface area contributed by atoms with Gasteiger partial charge in [0.15, 0.2) is 0 Å². The number of amides is 3. The molecule has 0 fully saturated rings. The van der Waals surface area contributed by atoms with Crippen LogP contribution < -0.4 is 21.2 Å². The minimum Gasteiger partial charge on any atom is -0.437 e. The molecule has 0 heterocycles. The summed E-state index contributed by atoms with van der Waals surface area (Å²) in [7, 11) is -0.825. The lowest BCUT2D eigenvalue weighted by Gasteiger charge is -2.22. The van der Waals surface area contributed by atoms with Gasteiger partial charge in [-0.2, -0.15) is 12.6 Å². The molecule has 10 heteroatoms. The van der Waals surface area contributed by atoms with Gasteiger partial charge in [-0.3, -0.25) is 14.4 Å². The Balaban J connectivity index is 4.77. The molecule has 0 aliphatic rings. The van der Waals surface area contributed by atoms with E-state index in [0.717, 1.165) is 0 Å². The molecule has 2 unspecified atom stereocenters. The largest absolute Gasteiger partial charge is 0.437 e. The molecule has 0 radical (unpaired) electrons. The van der Waals surface area contributed by atoms with Crippen LogP contribution in [0.25, 0.3) is 0 Å². The first-order valence-electron chi connectivity index (χ1n) is 7.25. The van der Waals surface area contributed by atoms with E-state index < -0.39 is 30.9 Å². The number of carbonyl (C=O) groups is 3. The zero-order valence-electron chi connectivity index (χ0n) is 13.2. The molecule has 8 nitrogen and oxygen atoms in total. The van der Waals surface area contributed by atoms with Crippen LogP contribution in [0.15, 0.2) is 0 Å². The Kier molecular flexibility index (Phi) is 10.7. The SMILES string of the molecule is CCNC(=O)C(CC)NC(=O)C(CNB(C)O)NC(=O)CS. The molecule has 0 spiro atoms. The molecule has 126 valence electrons. The first-order chi connectivity index (χ1) is 10.3. The van der Waals surface area contributed by atoms with Crippen molar-refractivity contribution in [2.75, 3.05) is 18.8 Å². The van der Waals surface area contributed by atoms with Gasteiger partial charge in [-0.25, -0.2) is 0 Å². The fourth-order valence-corrected chi connectivity index (χ4v) is 1.75. The second-order valence-corrected chi connectivity index (χ2v) is 5.04. The van der Waals surface area contributed by atoms with E-state index in [-0.39, 0.29) is 18.2 Å². The number of carbonyl (C=O) groups excluding carboxylic acids is 3. The topological polar surface area (TPSA) is 120 Å². The minimum absolute atomic E-state index is 0.0366. The van der Waals surface area contributed by atoms with Gasteiger partial charge in [0, 0.05) is 13.1 Å². The molecule has 0 aromatic heterocycles. The van der Waals surface area contributed by atoms with Crippen molar-refractivity contribution in [3.05, 3.63) is 0 Å². The summed E-state index contributed by atoms with van der Waals surface area (Å²) in [6.45, 7) is 5.56. The maximum Gasteiger partial charge on any atom is 0.373 e. The summed E-state index contributed by atoms with van der Waals surface area (Å²) in [6.07, 6.45) is 0.425. The number of thiol groups is 1. The Morgan fingerprint density at radius 1 is 1.14 bits per heavy atom. The molecule has 2 atom stereocenters. The van der Waals surface area contributed by atoms with Gasteiger partial charge in [-0.05, 0) is 20.2 Å². The summed E-state index contributed by atoms with van der Waals surface area (Å²) in [6, 6.07) is -1.58. The van der Waals surface area contributed by atoms with Crippen LogP contribution in [0.4, 0.5) is 0 Å². The molecule has 0 rings (SSSR count). The highest BCUT2D eigenvalue weighted by Crippen LogP contribution is 1.94. The maximum atomic E-state index is 12.2. The first-order valence-corrected chi connectivity index (χ1v) is 7.88. The monoisotopic (exact) mass is 332 g/mol. The fourth-order valence-electron chi connectivity index (χ4n) is 1.66. The highest BCUT2D eigenvalue weighted by atomic mass is 32.1. The fraction of sp³-hybridized carbons (Fsp3) is 0.750. The Hall–Kier alpha value is -1.26. The van der Waals surface area contributed by atoms with Crippen LogP contribution in [0.3, 0.4) is 0 Å².